The summed E-state index contributed by atoms with van der Waals surface area (Å²) in [5, 5.41) is 10.2. The molecule has 0 saturated carbocycles. The van der Waals surface area contributed by atoms with Crippen molar-refractivity contribution in [3.63, 3.8) is 0 Å². The first-order chi connectivity index (χ1) is 11.1. The summed E-state index contributed by atoms with van der Waals surface area (Å²) in [6, 6.07) is 13.1. The topological polar surface area (TPSA) is 68.0 Å². The van der Waals surface area contributed by atoms with Crippen LogP contribution in [0.4, 0.5) is 14.9 Å². The van der Waals surface area contributed by atoms with Crippen molar-refractivity contribution in [1.82, 2.24) is 10.2 Å². The van der Waals surface area contributed by atoms with E-state index in [-0.39, 0.29) is 22.2 Å². The fourth-order valence-corrected chi connectivity index (χ4v) is 2.35. The van der Waals surface area contributed by atoms with Gasteiger partial charge < -0.3 is 9.73 Å². The number of aryl methyl sites for hydroxylation is 1. The number of aromatic nitrogens is 2. The van der Waals surface area contributed by atoms with Crippen molar-refractivity contribution in [2.75, 3.05) is 5.32 Å². The van der Waals surface area contributed by atoms with Gasteiger partial charge in [0.15, 0.2) is 0 Å². The maximum atomic E-state index is 12.9. The lowest BCUT2D eigenvalue weighted by atomic mass is 10.2. The van der Waals surface area contributed by atoms with E-state index in [1.54, 1.807) is 0 Å². The highest BCUT2D eigenvalue weighted by atomic mass is 32.2. The quantitative estimate of drug-likeness (QED) is 0.716. The molecule has 0 aliphatic heterocycles. The molecule has 1 aromatic heterocycles. The van der Waals surface area contributed by atoms with Gasteiger partial charge in [-0.1, -0.05) is 17.7 Å². The number of hydrogen-bond acceptors (Lipinski definition) is 5. The highest BCUT2D eigenvalue weighted by molar-refractivity contribution is 8.13. The molecule has 0 aliphatic carbocycles. The number of anilines is 1. The Kier molecular flexibility index (Phi) is 4.38. The van der Waals surface area contributed by atoms with E-state index in [9.17, 15) is 9.18 Å². The molecule has 23 heavy (non-hydrogen) atoms. The van der Waals surface area contributed by atoms with E-state index < -0.39 is 0 Å². The van der Waals surface area contributed by atoms with Crippen LogP contribution in [0.5, 0.6) is 0 Å². The van der Waals surface area contributed by atoms with Crippen LogP contribution in [0.15, 0.2) is 58.2 Å². The van der Waals surface area contributed by atoms with Crippen molar-refractivity contribution >= 4 is 22.7 Å². The van der Waals surface area contributed by atoms with Crippen molar-refractivity contribution in [1.29, 1.82) is 0 Å². The second-order valence-electron chi connectivity index (χ2n) is 4.76. The normalized spacial score (nSPS) is 10.5. The van der Waals surface area contributed by atoms with Gasteiger partial charge in [0.25, 0.3) is 10.5 Å². The smallest absolute Gasteiger partial charge is 0.292 e. The minimum atomic E-state index is -0.347. The molecule has 7 heteroatoms. The van der Waals surface area contributed by atoms with Gasteiger partial charge >= 0.3 is 0 Å². The predicted molar refractivity (Wildman–Crippen MR) is 85.7 cm³/mol. The van der Waals surface area contributed by atoms with E-state index in [0.717, 1.165) is 17.3 Å². The van der Waals surface area contributed by atoms with E-state index in [1.165, 1.54) is 24.3 Å². The third-order valence-electron chi connectivity index (χ3n) is 2.98. The lowest BCUT2D eigenvalue weighted by molar-refractivity contribution is 0.269. The van der Waals surface area contributed by atoms with Gasteiger partial charge in [0, 0.05) is 23.0 Å². The molecule has 0 unspecified atom stereocenters. The van der Waals surface area contributed by atoms with Crippen LogP contribution in [-0.2, 0) is 0 Å². The number of carbonyl (C=O) groups is 1. The van der Waals surface area contributed by atoms with E-state index in [1.807, 2.05) is 31.2 Å². The molecule has 1 heterocycles. The molecule has 0 atom stereocenters. The highest BCUT2D eigenvalue weighted by Crippen LogP contribution is 2.24. The number of carbonyl (C=O) groups excluding carboxylic acids is 1. The standard InChI is InChI=1S/C16H12FN3O2S/c1-10-2-8-13(9-3-10)18-15(21)23-16-20-19-14(22-16)11-4-6-12(17)7-5-11/h2-9H,1H3,(H,18,21). The largest absolute Gasteiger partial charge is 0.411 e. The number of halogens is 1. The maximum absolute atomic E-state index is 12.9. The summed E-state index contributed by atoms with van der Waals surface area (Å²) in [4.78, 5) is 11.9. The Labute approximate surface area is 135 Å². The van der Waals surface area contributed by atoms with Gasteiger partial charge in [0.05, 0.1) is 0 Å². The Balaban J connectivity index is 1.65. The molecule has 116 valence electrons. The van der Waals surface area contributed by atoms with Crippen molar-refractivity contribution in [3.8, 4) is 11.5 Å². The molecular weight excluding hydrogens is 317 g/mol. The summed E-state index contributed by atoms with van der Waals surface area (Å²) in [6.45, 7) is 1.97. The molecule has 0 fully saturated rings. The summed E-state index contributed by atoms with van der Waals surface area (Å²) in [6.07, 6.45) is 0. The van der Waals surface area contributed by atoms with E-state index >= 15 is 0 Å². The lowest BCUT2D eigenvalue weighted by Crippen LogP contribution is -2.04. The average Bonchev–Trinajstić information content (AvgIpc) is 2.98. The molecule has 0 bridgehead atoms. The Morgan fingerprint density at radius 2 is 1.78 bits per heavy atom. The second kappa shape index (κ2) is 6.62. The Hall–Kier alpha value is -2.67. The van der Waals surface area contributed by atoms with Gasteiger partial charge in [-0.2, -0.15) is 0 Å². The zero-order valence-electron chi connectivity index (χ0n) is 12.1. The molecule has 1 N–H and O–H groups in total. The monoisotopic (exact) mass is 329 g/mol. The minimum Gasteiger partial charge on any atom is -0.411 e. The first-order valence-corrected chi connectivity index (χ1v) is 7.57. The fraction of sp³-hybridized carbons (Fsp3) is 0.0625. The third-order valence-corrected chi connectivity index (χ3v) is 3.60. The number of benzene rings is 2. The SMILES string of the molecule is Cc1ccc(NC(=O)Sc2nnc(-c3ccc(F)cc3)o2)cc1. The number of thioether (sulfide) groups is 1. The Morgan fingerprint density at radius 3 is 2.48 bits per heavy atom. The van der Waals surface area contributed by atoms with E-state index in [2.05, 4.69) is 15.5 Å². The molecule has 0 saturated heterocycles. The molecule has 0 aliphatic rings. The molecule has 2 aromatic carbocycles. The molecule has 1 amide bonds. The zero-order chi connectivity index (χ0) is 16.2. The molecule has 3 aromatic rings. The second-order valence-corrected chi connectivity index (χ2v) is 5.68. The summed E-state index contributed by atoms with van der Waals surface area (Å²) in [7, 11) is 0. The molecule has 3 rings (SSSR count). The van der Waals surface area contributed by atoms with Crippen LogP contribution >= 0.6 is 11.8 Å². The molecule has 0 radical (unpaired) electrons. The average molecular weight is 329 g/mol. The molecule has 0 spiro atoms. The summed E-state index contributed by atoms with van der Waals surface area (Å²) < 4.78 is 18.3. The van der Waals surface area contributed by atoms with Crippen molar-refractivity contribution in [2.24, 2.45) is 0 Å². The van der Waals surface area contributed by atoms with Crippen molar-refractivity contribution < 1.29 is 13.6 Å². The molecule has 5 nitrogen and oxygen atoms in total. The number of hydrogen-bond donors (Lipinski definition) is 1. The number of amides is 1. The highest BCUT2D eigenvalue weighted by Gasteiger charge is 2.13. The summed E-state index contributed by atoms with van der Waals surface area (Å²) in [5.74, 6) is -0.115. The van der Waals surface area contributed by atoms with E-state index in [0.29, 0.717) is 11.3 Å². The first kappa shape index (κ1) is 15.2. The predicted octanol–water partition coefficient (Wildman–Crippen LogP) is 4.51. The van der Waals surface area contributed by atoms with E-state index in [4.69, 9.17) is 4.42 Å². The third kappa shape index (κ3) is 3.95. The van der Waals surface area contributed by atoms with Gasteiger partial charge in [-0.15, -0.1) is 10.2 Å². The number of rotatable bonds is 3. The van der Waals surface area contributed by atoms with Crippen molar-refractivity contribution in [2.45, 2.75) is 12.1 Å². The summed E-state index contributed by atoms with van der Waals surface area (Å²) >= 11 is 0.797. The lowest BCUT2D eigenvalue weighted by Gasteiger charge is -2.02. The van der Waals surface area contributed by atoms with Crippen LogP contribution in [0.1, 0.15) is 5.56 Å². The Bertz CT molecular complexity index is 816. The number of nitrogens with zero attached hydrogens (tertiary/aromatic N) is 2. The van der Waals surface area contributed by atoms with Crippen LogP contribution in [0.25, 0.3) is 11.5 Å². The van der Waals surface area contributed by atoms with Gasteiger partial charge in [-0.3, -0.25) is 4.79 Å². The van der Waals surface area contributed by atoms with Gasteiger partial charge in [0.1, 0.15) is 5.82 Å². The zero-order valence-corrected chi connectivity index (χ0v) is 12.9. The first-order valence-electron chi connectivity index (χ1n) is 6.75. The minimum absolute atomic E-state index is 0.119. The fourth-order valence-electron chi connectivity index (χ4n) is 1.82. The van der Waals surface area contributed by atoms with Crippen molar-refractivity contribution in [3.05, 3.63) is 59.9 Å². The Morgan fingerprint density at radius 1 is 1.09 bits per heavy atom. The van der Waals surface area contributed by atoms with Gasteiger partial charge in [-0.25, -0.2) is 4.39 Å². The van der Waals surface area contributed by atoms with Gasteiger partial charge in [-0.05, 0) is 43.3 Å². The maximum Gasteiger partial charge on any atom is 0.292 e. The van der Waals surface area contributed by atoms with Crippen LogP contribution in [0.2, 0.25) is 0 Å². The molecular formula is C16H12FN3O2S. The van der Waals surface area contributed by atoms with Crippen LogP contribution in [-0.4, -0.2) is 15.4 Å². The van der Waals surface area contributed by atoms with Gasteiger partial charge in [0.2, 0.25) is 5.89 Å². The van der Waals surface area contributed by atoms with Crippen LogP contribution < -0.4 is 5.32 Å². The van der Waals surface area contributed by atoms with Crippen LogP contribution in [0.3, 0.4) is 0 Å². The van der Waals surface area contributed by atoms with Crippen LogP contribution in [0, 0.1) is 12.7 Å². The summed E-state index contributed by atoms with van der Waals surface area (Å²) in [5.41, 5.74) is 2.38. The number of nitrogens with one attached hydrogen (secondary N) is 1.